The molecule has 0 atom stereocenters. The fraction of sp³-hybridized carbons (Fsp3) is 0. The van der Waals surface area contributed by atoms with Crippen molar-refractivity contribution in [1.29, 1.82) is 5.26 Å². The highest BCUT2D eigenvalue weighted by Gasteiger charge is 2.25. The van der Waals surface area contributed by atoms with Crippen molar-refractivity contribution in [2.45, 2.75) is 0 Å². The van der Waals surface area contributed by atoms with Gasteiger partial charge in [-0.2, -0.15) is 14.6 Å². The van der Waals surface area contributed by atoms with E-state index >= 15 is 0 Å². The average Bonchev–Trinajstić information content (AvgIpc) is 2.99. The van der Waals surface area contributed by atoms with Gasteiger partial charge in [-0.3, -0.25) is 0 Å². The maximum Gasteiger partial charge on any atom is 0.393 e. The summed E-state index contributed by atoms with van der Waals surface area (Å²) in [7, 11) is 0. The Morgan fingerprint density at radius 1 is 1.40 bits per heavy atom. The molecule has 0 amide bonds. The summed E-state index contributed by atoms with van der Waals surface area (Å²) in [6.07, 6.45) is 1.57. The van der Waals surface area contributed by atoms with Gasteiger partial charge in [-0.05, 0) is 29.2 Å². The van der Waals surface area contributed by atoms with E-state index in [-0.39, 0.29) is 11.7 Å². The molecule has 1 aromatic carbocycles. The lowest BCUT2D eigenvalue weighted by molar-refractivity contribution is -0.391. The van der Waals surface area contributed by atoms with Crippen molar-refractivity contribution >= 4 is 22.1 Å². The third kappa shape index (κ3) is 1.96. The van der Waals surface area contributed by atoms with E-state index in [1.807, 2.05) is 6.07 Å². The fourth-order valence-electron chi connectivity index (χ4n) is 1.70. The zero-order chi connectivity index (χ0) is 14.1. The number of aromatic nitrogens is 2. The van der Waals surface area contributed by atoms with Crippen molar-refractivity contribution in [3.05, 3.63) is 51.5 Å². The van der Waals surface area contributed by atoms with Gasteiger partial charge < -0.3 is 14.9 Å². The van der Waals surface area contributed by atoms with Crippen LogP contribution in [0.4, 0.5) is 5.82 Å². The van der Waals surface area contributed by atoms with Crippen LogP contribution in [0.15, 0.2) is 35.8 Å². The number of hydrogen-bond acceptors (Lipinski definition) is 6. The van der Waals surface area contributed by atoms with Crippen LogP contribution in [0.2, 0.25) is 0 Å². The van der Waals surface area contributed by atoms with Crippen molar-refractivity contribution < 1.29 is 9.66 Å². The molecule has 7 nitrogen and oxygen atoms in total. The van der Waals surface area contributed by atoms with Gasteiger partial charge in [0.2, 0.25) is 0 Å². The number of hydrogen-bond donors (Lipinski definition) is 0. The minimum Gasteiger partial charge on any atom is -0.433 e. The second kappa shape index (κ2) is 4.64. The summed E-state index contributed by atoms with van der Waals surface area (Å²) >= 11 is 1.28. The summed E-state index contributed by atoms with van der Waals surface area (Å²) < 4.78 is 6.80. The van der Waals surface area contributed by atoms with E-state index in [2.05, 4.69) is 4.98 Å². The second-order valence-electron chi connectivity index (χ2n) is 3.79. The molecule has 0 aliphatic carbocycles. The van der Waals surface area contributed by atoms with Crippen LogP contribution in [-0.4, -0.2) is 14.3 Å². The van der Waals surface area contributed by atoms with Crippen molar-refractivity contribution in [2.24, 2.45) is 0 Å². The predicted octanol–water partition coefficient (Wildman–Crippen LogP) is 2.97. The molecule has 3 aromatic rings. The zero-order valence-corrected chi connectivity index (χ0v) is 10.7. The maximum absolute atomic E-state index is 11.1. The van der Waals surface area contributed by atoms with E-state index in [0.717, 1.165) is 0 Å². The second-order valence-corrected chi connectivity index (χ2v) is 4.66. The fourth-order valence-corrected chi connectivity index (χ4v) is 2.40. The molecule has 0 fully saturated rings. The molecule has 0 aliphatic heterocycles. The normalized spacial score (nSPS) is 10.3. The van der Waals surface area contributed by atoms with E-state index in [4.69, 9.17) is 10.00 Å². The van der Waals surface area contributed by atoms with Gasteiger partial charge in [-0.1, -0.05) is 11.3 Å². The van der Waals surface area contributed by atoms with E-state index in [1.54, 1.807) is 35.8 Å². The summed E-state index contributed by atoms with van der Waals surface area (Å²) in [6.45, 7) is 0. The van der Waals surface area contributed by atoms with Gasteiger partial charge in [-0.15, -0.1) is 0 Å². The average molecular weight is 286 g/mol. The third-order valence-corrected chi connectivity index (χ3v) is 3.33. The topological polar surface area (TPSA) is 93.5 Å². The van der Waals surface area contributed by atoms with E-state index in [1.165, 1.54) is 15.7 Å². The summed E-state index contributed by atoms with van der Waals surface area (Å²) in [5.74, 6) is 0.107. The number of nitrogens with zero attached hydrogens (tertiary/aromatic N) is 4. The standard InChI is InChI=1S/C12H6N4O3S/c13-7-8-1-3-9(4-2-8)19-10-11(16(17)18)15-5-6-20-12(15)14-10/h1-6H. The van der Waals surface area contributed by atoms with Gasteiger partial charge >= 0.3 is 11.7 Å². The summed E-state index contributed by atoms with van der Waals surface area (Å²) in [6, 6.07) is 8.25. The Bertz CT molecular complexity index is 829. The van der Waals surface area contributed by atoms with Gasteiger partial charge in [0.1, 0.15) is 11.9 Å². The molecule has 0 saturated heterocycles. The lowest BCUT2D eigenvalue weighted by Crippen LogP contribution is -1.95. The van der Waals surface area contributed by atoms with Crippen molar-refractivity contribution in [3.63, 3.8) is 0 Å². The maximum atomic E-state index is 11.1. The smallest absolute Gasteiger partial charge is 0.393 e. The van der Waals surface area contributed by atoms with Crippen LogP contribution in [0, 0.1) is 21.4 Å². The molecule has 3 rings (SSSR count). The number of nitriles is 1. The van der Waals surface area contributed by atoms with Crippen LogP contribution in [0.1, 0.15) is 5.56 Å². The lowest BCUT2D eigenvalue weighted by atomic mass is 10.2. The van der Waals surface area contributed by atoms with Crippen LogP contribution < -0.4 is 4.74 Å². The molecule has 0 N–H and O–H groups in total. The molecular formula is C12H6N4O3S. The number of nitro groups is 1. The van der Waals surface area contributed by atoms with Crippen LogP contribution in [-0.2, 0) is 0 Å². The highest BCUT2D eigenvalue weighted by Crippen LogP contribution is 2.33. The Hall–Kier alpha value is -2.92. The molecule has 0 bridgehead atoms. The minimum absolute atomic E-state index is 0.0634. The summed E-state index contributed by atoms with van der Waals surface area (Å²) in [5.41, 5.74) is 0.484. The first-order valence-electron chi connectivity index (χ1n) is 5.47. The number of ether oxygens (including phenoxy) is 1. The van der Waals surface area contributed by atoms with Gasteiger partial charge in [0, 0.05) is 5.38 Å². The zero-order valence-electron chi connectivity index (χ0n) is 9.89. The van der Waals surface area contributed by atoms with E-state index in [0.29, 0.717) is 16.3 Å². The van der Waals surface area contributed by atoms with Crippen LogP contribution in [0.5, 0.6) is 11.6 Å². The highest BCUT2D eigenvalue weighted by atomic mass is 32.1. The van der Waals surface area contributed by atoms with Crippen LogP contribution >= 0.6 is 11.3 Å². The molecule has 98 valence electrons. The molecule has 0 unspecified atom stereocenters. The molecular weight excluding hydrogens is 280 g/mol. The largest absolute Gasteiger partial charge is 0.433 e. The molecule has 20 heavy (non-hydrogen) atoms. The monoisotopic (exact) mass is 286 g/mol. The highest BCUT2D eigenvalue weighted by molar-refractivity contribution is 7.15. The van der Waals surface area contributed by atoms with Crippen molar-refractivity contribution in [2.75, 3.05) is 0 Å². The van der Waals surface area contributed by atoms with Gasteiger partial charge in [-0.25, -0.2) is 0 Å². The Balaban J connectivity index is 2.01. The molecule has 2 heterocycles. The summed E-state index contributed by atoms with van der Waals surface area (Å²) in [4.78, 5) is 15.1. The number of imidazole rings is 1. The van der Waals surface area contributed by atoms with E-state index < -0.39 is 4.92 Å². The number of rotatable bonds is 3. The number of fused-ring (bicyclic) bond motifs is 1. The van der Waals surface area contributed by atoms with Crippen LogP contribution in [0.25, 0.3) is 4.96 Å². The van der Waals surface area contributed by atoms with Gasteiger partial charge in [0.25, 0.3) is 4.96 Å². The Labute approximate surface area is 116 Å². The predicted molar refractivity (Wildman–Crippen MR) is 71.0 cm³/mol. The number of thiazole rings is 1. The minimum atomic E-state index is -0.536. The summed E-state index contributed by atoms with van der Waals surface area (Å²) in [5, 5.41) is 21.5. The molecule has 0 spiro atoms. The molecule has 0 saturated carbocycles. The third-order valence-electron chi connectivity index (χ3n) is 2.58. The Morgan fingerprint density at radius 2 is 2.15 bits per heavy atom. The number of benzene rings is 1. The van der Waals surface area contributed by atoms with Gasteiger partial charge in [0.05, 0.1) is 11.6 Å². The Kier molecular flexibility index (Phi) is 2.81. The SMILES string of the molecule is N#Cc1ccc(Oc2nc3sccn3c2[N+](=O)[O-])cc1. The molecule has 0 aliphatic rings. The van der Waals surface area contributed by atoms with Crippen LogP contribution in [0.3, 0.4) is 0 Å². The van der Waals surface area contributed by atoms with Crippen molar-refractivity contribution in [3.8, 4) is 17.7 Å². The van der Waals surface area contributed by atoms with Crippen molar-refractivity contribution in [1.82, 2.24) is 9.38 Å². The lowest BCUT2D eigenvalue weighted by Gasteiger charge is -2.02. The molecule has 8 heteroatoms. The van der Waals surface area contributed by atoms with Gasteiger partial charge in [0.15, 0.2) is 0 Å². The quantitative estimate of drug-likeness (QED) is 0.545. The molecule has 2 aromatic heterocycles. The Morgan fingerprint density at radius 3 is 2.80 bits per heavy atom. The first-order chi connectivity index (χ1) is 9.69. The first-order valence-corrected chi connectivity index (χ1v) is 6.35. The molecule has 0 radical (unpaired) electrons. The van der Waals surface area contributed by atoms with E-state index in [9.17, 15) is 10.1 Å². The first kappa shape index (κ1) is 12.1.